The highest BCUT2D eigenvalue weighted by Crippen LogP contribution is 2.52. The topological polar surface area (TPSA) is 66.9 Å². The lowest BCUT2D eigenvalue weighted by molar-refractivity contribution is 0.111. The number of para-hydroxylation sites is 1. The monoisotopic (exact) mass is 410 g/mol. The van der Waals surface area contributed by atoms with Gasteiger partial charge in [-0.2, -0.15) is 0 Å². The molecule has 150 valence electrons. The predicted molar refractivity (Wildman–Crippen MR) is 110 cm³/mol. The lowest BCUT2D eigenvalue weighted by atomic mass is 9.96. The van der Waals surface area contributed by atoms with Gasteiger partial charge in [0.15, 0.2) is 0 Å². The summed E-state index contributed by atoms with van der Waals surface area (Å²) in [6.45, 7) is 5.52. The fraction of sp³-hybridized carbons (Fsp3) is 0.273. The van der Waals surface area contributed by atoms with Crippen LogP contribution in [0.1, 0.15) is 23.5 Å². The van der Waals surface area contributed by atoms with Gasteiger partial charge in [-0.25, -0.2) is 17.5 Å². The number of hydrogen-bond donors (Lipinski definition) is 0. The summed E-state index contributed by atoms with van der Waals surface area (Å²) < 4.78 is 33.7. The summed E-state index contributed by atoms with van der Waals surface area (Å²) in [7, 11) is -2.61. The van der Waals surface area contributed by atoms with Gasteiger partial charge < -0.3 is 4.74 Å². The number of methoxy groups -OCH3 is 1. The fourth-order valence-electron chi connectivity index (χ4n) is 4.32. The molecule has 2 aromatic rings. The maximum absolute atomic E-state index is 13.7. The average molecular weight is 410 g/mol. The molecular weight excluding hydrogens is 388 g/mol. The van der Waals surface area contributed by atoms with Gasteiger partial charge in [0.25, 0.3) is 10.0 Å². The number of sulfonamides is 1. The Morgan fingerprint density at radius 2 is 1.90 bits per heavy atom. The fourth-order valence-corrected chi connectivity index (χ4v) is 5.99. The van der Waals surface area contributed by atoms with E-state index in [0.29, 0.717) is 12.1 Å². The number of carbonyl (C=O) groups is 1. The van der Waals surface area contributed by atoms with E-state index in [-0.39, 0.29) is 16.9 Å². The summed E-state index contributed by atoms with van der Waals surface area (Å²) in [5, 5.41) is 0. The third-order valence-corrected chi connectivity index (χ3v) is 7.38. The molecule has 2 aliphatic heterocycles. The van der Waals surface area contributed by atoms with Crippen molar-refractivity contribution in [1.29, 1.82) is 0 Å². The Kier molecular flexibility index (Phi) is 4.73. The number of carbonyl (C=O) groups excluding carboxylic acids is 1. The van der Waals surface area contributed by atoms with Crippen molar-refractivity contribution in [3.63, 3.8) is 0 Å². The van der Waals surface area contributed by atoms with Gasteiger partial charge >= 0.3 is 6.09 Å². The molecule has 0 bridgehead atoms. The van der Waals surface area contributed by atoms with Gasteiger partial charge in [-0.3, -0.25) is 4.90 Å². The van der Waals surface area contributed by atoms with Crippen molar-refractivity contribution in [3.05, 3.63) is 78.0 Å². The van der Waals surface area contributed by atoms with Crippen LogP contribution in [0.5, 0.6) is 0 Å². The number of benzene rings is 2. The minimum absolute atomic E-state index is 0.167. The van der Waals surface area contributed by atoms with Gasteiger partial charge in [-0.1, -0.05) is 42.5 Å². The molecule has 2 heterocycles. The summed E-state index contributed by atoms with van der Waals surface area (Å²) in [4.78, 5) is 14.3. The minimum Gasteiger partial charge on any atom is -0.453 e. The first kappa shape index (κ1) is 19.3. The zero-order valence-corrected chi connectivity index (χ0v) is 17.1. The van der Waals surface area contributed by atoms with E-state index in [1.54, 1.807) is 42.5 Å². The first-order valence-electron chi connectivity index (χ1n) is 9.32. The van der Waals surface area contributed by atoms with Crippen LogP contribution in [0.3, 0.4) is 0 Å². The maximum atomic E-state index is 13.7. The summed E-state index contributed by atoms with van der Waals surface area (Å²) >= 11 is 0. The van der Waals surface area contributed by atoms with E-state index in [1.165, 1.54) is 16.3 Å². The molecule has 2 aliphatic rings. The standard InChI is InChI=1S/C22H22N2O4S/c1-4-7-16-14-19-18-8-5-6-9-20(18)24(21(19)23(16)22(25)28-3)29(26,27)17-12-10-15(2)11-13-17/h5-13,16,19,21H,1,14H2,2-3H3/t16-,19-,21+/m1/s1. The number of rotatable bonds is 3. The highest BCUT2D eigenvalue weighted by atomic mass is 32.2. The van der Waals surface area contributed by atoms with E-state index in [1.807, 2.05) is 19.1 Å². The number of anilines is 1. The van der Waals surface area contributed by atoms with Crippen LogP contribution in [0.25, 0.3) is 0 Å². The van der Waals surface area contributed by atoms with E-state index in [0.717, 1.165) is 11.1 Å². The van der Waals surface area contributed by atoms with Crippen molar-refractivity contribution in [3.8, 4) is 0 Å². The van der Waals surface area contributed by atoms with E-state index >= 15 is 0 Å². The smallest absolute Gasteiger partial charge is 0.411 e. The predicted octanol–water partition coefficient (Wildman–Crippen LogP) is 3.80. The normalized spacial score (nSPS) is 22.6. The molecule has 7 heteroatoms. The van der Waals surface area contributed by atoms with E-state index in [2.05, 4.69) is 12.3 Å². The van der Waals surface area contributed by atoms with Crippen LogP contribution in [0.2, 0.25) is 0 Å². The van der Waals surface area contributed by atoms with Crippen LogP contribution in [0.4, 0.5) is 10.5 Å². The molecule has 1 saturated heterocycles. The molecule has 0 aromatic heterocycles. The van der Waals surface area contributed by atoms with E-state index in [4.69, 9.17) is 4.74 Å². The van der Waals surface area contributed by atoms with E-state index < -0.39 is 22.3 Å². The summed E-state index contributed by atoms with van der Waals surface area (Å²) in [5.74, 6) is -0.167. The third-order valence-electron chi connectivity index (χ3n) is 5.59. The third kappa shape index (κ3) is 2.94. The van der Waals surface area contributed by atoms with Crippen molar-refractivity contribution in [1.82, 2.24) is 4.90 Å². The summed E-state index contributed by atoms with van der Waals surface area (Å²) in [6.07, 6.45) is 0.972. The highest BCUT2D eigenvalue weighted by molar-refractivity contribution is 7.92. The van der Waals surface area contributed by atoms with Crippen LogP contribution in [0, 0.1) is 6.92 Å². The van der Waals surface area contributed by atoms with Gasteiger partial charge in [-0.15, -0.1) is 5.73 Å². The van der Waals surface area contributed by atoms with Crippen molar-refractivity contribution < 1.29 is 17.9 Å². The van der Waals surface area contributed by atoms with Crippen molar-refractivity contribution in [2.45, 2.75) is 36.4 Å². The van der Waals surface area contributed by atoms with Crippen LogP contribution in [-0.4, -0.2) is 38.7 Å². The van der Waals surface area contributed by atoms with Crippen LogP contribution in [0.15, 0.2) is 71.8 Å². The largest absolute Gasteiger partial charge is 0.453 e. The molecule has 0 aliphatic carbocycles. The first-order chi connectivity index (χ1) is 13.9. The van der Waals surface area contributed by atoms with Crippen molar-refractivity contribution in [2.24, 2.45) is 0 Å². The molecule has 0 N–H and O–H groups in total. The second-order valence-electron chi connectivity index (χ2n) is 7.24. The lowest BCUT2D eigenvalue weighted by Crippen LogP contribution is -2.51. The van der Waals surface area contributed by atoms with Crippen LogP contribution in [-0.2, 0) is 14.8 Å². The quantitative estimate of drug-likeness (QED) is 0.722. The van der Waals surface area contributed by atoms with Gasteiger partial charge in [0, 0.05) is 5.92 Å². The van der Waals surface area contributed by atoms with Gasteiger partial charge in [0.1, 0.15) is 6.17 Å². The zero-order valence-electron chi connectivity index (χ0n) is 16.3. The van der Waals surface area contributed by atoms with Crippen molar-refractivity contribution >= 4 is 21.8 Å². The Morgan fingerprint density at radius 1 is 1.21 bits per heavy atom. The lowest BCUT2D eigenvalue weighted by Gasteiger charge is -2.34. The zero-order chi connectivity index (χ0) is 20.8. The number of hydrogen-bond acceptors (Lipinski definition) is 4. The van der Waals surface area contributed by atoms with Gasteiger partial charge in [0.2, 0.25) is 0 Å². The van der Waals surface area contributed by atoms with Gasteiger partial charge in [0.05, 0.1) is 23.7 Å². The molecule has 4 rings (SSSR count). The Balaban J connectivity index is 1.90. The number of nitrogens with zero attached hydrogens (tertiary/aromatic N) is 2. The number of ether oxygens (including phenoxy) is 1. The van der Waals surface area contributed by atoms with Crippen LogP contribution < -0.4 is 4.31 Å². The molecule has 29 heavy (non-hydrogen) atoms. The molecule has 0 radical (unpaired) electrons. The maximum Gasteiger partial charge on any atom is 0.411 e. The molecule has 0 saturated carbocycles. The molecule has 0 spiro atoms. The SMILES string of the molecule is C=C=C[C@@H]1C[C@@H]2c3ccccc3N(S(=O)(=O)c3ccc(C)cc3)[C@@H]2N1C(=O)OC. The van der Waals surface area contributed by atoms with Gasteiger partial charge in [-0.05, 0) is 43.2 Å². The molecule has 0 unspecified atom stereocenters. The summed E-state index contributed by atoms with van der Waals surface area (Å²) in [6, 6.07) is 13.8. The molecular formula is C22H22N2O4S. The van der Waals surface area contributed by atoms with E-state index in [9.17, 15) is 13.2 Å². The number of amides is 1. The van der Waals surface area contributed by atoms with Crippen LogP contribution >= 0.6 is 0 Å². The highest BCUT2D eigenvalue weighted by Gasteiger charge is 2.55. The van der Waals surface area contributed by atoms with Crippen molar-refractivity contribution in [2.75, 3.05) is 11.4 Å². The Labute approximate surface area is 170 Å². The number of fused-ring (bicyclic) bond motifs is 3. The Hall–Kier alpha value is -3.02. The molecule has 6 nitrogen and oxygen atoms in total. The second-order valence-corrected chi connectivity index (χ2v) is 9.06. The molecule has 1 fully saturated rings. The summed E-state index contributed by atoms with van der Waals surface area (Å²) in [5.41, 5.74) is 5.20. The molecule has 1 amide bonds. The first-order valence-corrected chi connectivity index (χ1v) is 10.8. The minimum atomic E-state index is -3.90. The Bertz CT molecular complexity index is 1100. The molecule has 2 aromatic carbocycles. The number of aryl methyl sites for hydroxylation is 1. The molecule has 3 atom stereocenters. The average Bonchev–Trinajstić information content (AvgIpc) is 3.22. The number of likely N-dealkylation sites (tertiary alicyclic amines) is 1. The Morgan fingerprint density at radius 3 is 2.55 bits per heavy atom. The second kappa shape index (κ2) is 7.10.